The fraction of sp³-hybridized carbons (Fsp3) is 0.417. The van der Waals surface area contributed by atoms with E-state index in [1.165, 1.54) is 18.9 Å². The molecule has 0 radical (unpaired) electrons. The van der Waals surface area contributed by atoms with Gasteiger partial charge in [-0.3, -0.25) is 0 Å². The summed E-state index contributed by atoms with van der Waals surface area (Å²) in [4.78, 5) is 10.2. The van der Waals surface area contributed by atoms with E-state index in [-0.39, 0.29) is 0 Å². The van der Waals surface area contributed by atoms with Crippen molar-refractivity contribution in [1.29, 1.82) is 0 Å². The van der Waals surface area contributed by atoms with Gasteiger partial charge < -0.3 is 5.11 Å². The van der Waals surface area contributed by atoms with Gasteiger partial charge in [0.25, 0.3) is 0 Å². The summed E-state index contributed by atoms with van der Waals surface area (Å²) in [5.41, 5.74) is 0. The van der Waals surface area contributed by atoms with E-state index in [1.807, 2.05) is 0 Å². The first-order valence-corrected chi connectivity index (χ1v) is 4.84. The number of fused-ring (bicyclic) bond motifs is 1. The van der Waals surface area contributed by atoms with Crippen molar-refractivity contribution in [1.82, 2.24) is 0 Å². The van der Waals surface area contributed by atoms with Gasteiger partial charge in [0.1, 0.15) is 0 Å². The summed E-state index contributed by atoms with van der Waals surface area (Å²) in [6, 6.07) is 0. The monoisotopic (exact) mass is 188 g/mol. The smallest absolute Gasteiger partial charge is 0.328 e. The maximum absolute atomic E-state index is 10.2. The standard InChI is InChI=1S/C12H12O2/c13-12(14)7-2-1-4-9-5-3-6-10-8-11(9)10/h2-3,5,7,9-11H,6,8H2,(H,13,14)/b7-2+. The predicted octanol–water partition coefficient (Wildman–Crippen LogP) is 1.84. The molecule has 2 aliphatic rings. The topological polar surface area (TPSA) is 37.3 Å². The predicted molar refractivity (Wildman–Crippen MR) is 53.4 cm³/mol. The average Bonchev–Trinajstić information content (AvgIpc) is 2.91. The van der Waals surface area contributed by atoms with Crippen molar-refractivity contribution in [2.45, 2.75) is 12.8 Å². The third-order valence-corrected chi connectivity index (χ3v) is 2.78. The molecule has 14 heavy (non-hydrogen) atoms. The second-order valence-corrected chi connectivity index (χ2v) is 3.81. The number of carbonyl (C=O) groups is 1. The lowest BCUT2D eigenvalue weighted by Crippen LogP contribution is -2.01. The average molecular weight is 188 g/mol. The Kier molecular flexibility index (Phi) is 2.41. The van der Waals surface area contributed by atoms with Crippen molar-refractivity contribution >= 4 is 5.97 Å². The Hall–Kier alpha value is -1.49. The van der Waals surface area contributed by atoms with Gasteiger partial charge in [0.05, 0.1) is 0 Å². The summed E-state index contributed by atoms with van der Waals surface area (Å²) in [5, 5.41) is 8.34. The highest BCUT2D eigenvalue weighted by Gasteiger charge is 2.42. The van der Waals surface area contributed by atoms with Gasteiger partial charge in [0, 0.05) is 12.0 Å². The number of carboxylic acids is 1. The first-order valence-electron chi connectivity index (χ1n) is 4.84. The van der Waals surface area contributed by atoms with Crippen molar-refractivity contribution < 1.29 is 9.90 Å². The first-order chi connectivity index (χ1) is 6.77. The van der Waals surface area contributed by atoms with Crippen LogP contribution in [0.15, 0.2) is 24.3 Å². The molecule has 0 heterocycles. The minimum Gasteiger partial charge on any atom is -0.478 e. The van der Waals surface area contributed by atoms with Crippen LogP contribution >= 0.6 is 0 Å². The molecule has 2 aliphatic carbocycles. The minimum atomic E-state index is -0.942. The highest BCUT2D eigenvalue weighted by atomic mass is 16.4. The normalized spacial score (nSPS) is 33.3. The quantitative estimate of drug-likeness (QED) is 0.387. The molecule has 0 spiro atoms. The molecule has 1 N–H and O–H groups in total. The molecule has 0 saturated heterocycles. The van der Waals surface area contributed by atoms with Crippen molar-refractivity contribution in [3.05, 3.63) is 24.3 Å². The molecular weight excluding hydrogens is 176 g/mol. The molecule has 3 unspecified atom stereocenters. The van der Waals surface area contributed by atoms with Crippen LogP contribution in [0.2, 0.25) is 0 Å². The van der Waals surface area contributed by atoms with E-state index in [9.17, 15) is 4.79 Å². The molecule has 0 aromatic carbocycles. The Labute approximate surface area is 83.3 Å². The fourth-order valence-electron chi connectivity index (χ4n) is 1.94. The van der Waals surface area contributed by atoms with Gasteiger partial charge in [-0.25, -0.2) is 4.79 Å². The lowest BCUT2D eigenvalue weighted by molar-refractivity contribution is -0.131. The van der Waals surface area contributed by atoms with Crippen molar-refractivity contribution in [3.8, 4) is 11.8 Å². The summed E-state index contributed by atoms with van der Waals surface area (Å²) >= 11 is 0. The lowest BCUT2D eigenvalue weighted by Gasteiger charge is -2.07. The Balaban J connectivity index is 1.93. The Morgan fingerprint density at radius 3 is 3.21 bits per heavy atom. The highest BCUT2D eigenvalue weighted by Crippen LogP contribution is 2.49. The zero-order chi connectivity index (χ0) is 9.97. The maximum atomic E-state index is 10.2. The van der Waals surface area contributed by atoms with Gasteiger partial charge in [0.15, 0.2) is 0 Å². The van der Waals surface area contributed by atoms with E-state index < -0.39 is 5.97 Å². The van der Waals surface area contributed by atoms with E-state index in [1.54, 1.807) is 0 Å². The number of hydrogen-bond acceptors (Lipinski definition) is 1. The van der Waals surface area contributed by atoms with Crippen LogP contribution in [0.1, 0.15) is 12.8 Å². The van der Waals surface area contributed by atoms with Gasteiger partial charge >= 0.3 is 5.97 Å². The van der Waals surface area contributed by atoms with Gasteiger partial charge in [0.2, 0.25) is 0 Å². The molecule has 0 aromatic rings. The van der Waals surface area contributed by atoms with E-state index in [0.717, 1.165) is 17.9 Å². The van der Waals surface area contributed by atoms with Crippen LogP contribution < -0.4 is 0 Å². The van der Waals surface area contributed by atoms with Crippen LogP contribution in [0, 0.1) is 29.6 Å². The Morgan fingerprint density at radius 2 is 2.43 bits per heavy atom. The third-order valence-electron chi connectivity index (χ3n) is 2.78. The largest absolute Gasteiger partial charge is 0.478 e. The summed E-state index contributed by atoms with van der Waals surface area (Å²) in [5.74, 6) is 6.87. The summed E-state index contributed by atoms with van der Waals surface area (Å²) in [6.07, 6.45) is 9.30. The number of aliphatic carboxylic acids is 1. The molecular formula is C12H12O2. The number of allylic oxidation sites excluding steroid dienone is 3. The first kappa shape index (κ1) is 9.08. The van der Waals surface area contributed by atoms with Crippen LogP contribution in [0.4, 0.5) is 0 Å². The van der Waals surface area contributed by atoms with Crippen molar-refractivity contribution in [3.63, 3.8) is 0 Å². The van der Waals surface area contributed by atoms with Crippen molar-refractivity contribution in [2.24, 2.45) is 17.8 Å². The van der Waals surface area contributed by atoms with E-state index in [0.29, 0.717) is 5.92 Å². The van der Waals surface area contributed by atoms with Gasteiger partial charge in [-0.05, 0) is 30.8 Å². The van der Waals surface area contributed by atoms with Crippen LogP contribution in [-0.2, 0) is 4.79 Å². The molecule has 2 nitrogen and oxygen atoms in total. The number of rotatable bonds is 1. The third kappa shape index (κ3) is 2.05. The van der Waals surface area contributed by atoms with E-state index in [4.69, 9.17) is 5.11 Å². The van der Waals surface area contributed by atoms with Crippen LogP contribution in [-0.4, -0.2) is 11.1 Å². The molecule has 72 valence electrons. The molecule has 0 aliphatic heterocycles. The summed E-state index contributed by atoms with van der Waals surface area (Å²) in [6.45, 7) is 0. The highest BCUT2D eigenvalue weighted by molar-refractivity contribution is 5.80. The SMILES string of the molecule is O=C(O)/C=C/C#CC1C=CCC2CC12. The minimum absolute atomic E-state index is 0.354. The van der Waals surface area contributed by atoms with E-state index >= 15 is 0 Å². The number of hydrogen-bond donors (Lipinski definition) is 1. The van der Waals surface area contributed by atoms with E-state index in [2.05, 4.69) is 24.0 Å². The Bertz CT molecular complexity index is 354. The van der Waals surface area contributed by atoms with Gasteiger partial charge in [-0.1, -0.05) is 24.0 Å². The van der Waals surface area contributed by atoms with Crippen LogP contribution in [0.3, 0.4) is 0 Å². The molecule has 2 rings (SSSR count). The molecule has 1 saturated carbocycles. The molecule has 0 amide bonds. The van der Waals surface area contributed by atoms with Crippen LogP contribution in [0.25, 0.3) is 0 Å². The van der Waals surface area contributed by atoms with Gasteiger partial charge in [-0.2, -0.15) is 0 Å². The summed E-state index contributed by atoms with van der Waals surface area (Å²) < 4.78 is 0. The maximum Gasteiger partial charge on any atom is 0.328 e. The second kappa shape index (κ2) is 3.71. The molecule has 3 atom stereocenters. The zero-order valence-corrected chi connectivity index (χ0v) is 7.81. The second-order valence-electron chi connectivity index (χ2n) is 3.81. The van der Waals surface area contributed by atoms with Crippen LogP contribution in [0.5, 0.6) is 0 Å². The van der Waals surface area contributed by atoms with Gasteiger partial charge in [-0.15, -0.1) is 0 Å². The zero-order valence-electron chi connectivity index (χ0n) is 7.81. The molecule has 0 bridgehead atoms. The molecule has 2 heteroatoms. The molecule has 1 fully saturated rings. The lowest BCUT2D eigenvalue weighted by atomic mass is 9.96. The van der Waals surface area contributed by atoms with Crippen molar-refractivity contribution in [2.75, 3.05) is 0 Å². The molecule has 0 aromatic heterocycles. The fourth-order valence-corrected chi connectivity index (χ4v) is 1.94. The summed E-state index contributed by atoms with van der Waals surface area (Å²) in [7, 11) is 0. The Morgan fingerprint density at radius 1 is 1.57 bits per heavy atom. The number of carboxylic acid groups (broad SMARTS) is 1.